The normalized spacial score (nSPS) is 14.0. The van der Waals surface area contributed by atoms with Gasteiger partial charge >= 0.3 is 0 Å². The summed E-state index contributed by atoms with van der Waals surface area (Å²) in [5.74, 6) is -0.575. The van der Waals surface area contributed by atoms with Gasteiger partial charge in [0.1, 0.15) is 5.82 Å². The van der Waals surface area contributed by atoms with E-state index in [0.717, 1.165) is 0 Å². The van der Waals surface area contributed by atoms with Crippen molar-refractivity contribution in [3.63, 3.8) is 0 Å². The molecule has 1 aromatic rings. The lowest BCUT2D eigenvalue weighted by molar-refractivity contribution is -0.116. The van der Waals surface area contributed by atoms with E-state index in [1.165, 1.54) is 12.1 Å². The predicted molar refractivity (Wildman–Crippen MR) is 81.7 cm³/mol. The van der Waals surface area contributed by atoms with E-state index in [2.05, 4.69) is 10.6 Å². The van der Waals surface area contributed by atoms with Crippen LogP contribution in [0.5, 0.6) is 0 Å². The molecule has 1 rings (SSSR count). The molecule has 1 amide bonds. The van der Waals surface area contributed by atoms with Crippen molar-refractivity contribution in [2.24, 2.45) is 0 Å². The Bertz CT molecular complexity index is 454. The van der Waals surface area contributed by atoms with Crippen molar-refractivity contribution in [2.45, 2.75) is 25.5 Å². The molecule has 118 valence electrons. The van der Waals surface area contributed by atoms with Crippen molar-refractivity contribution in [3.8, 4) is 0 Å². The van der Waals surface area contributed by atoms with E-state index in [4.69, 9.17) is 0 Å². The Hall–Kier alpha value is -1.50. The van der Waals surface area contributed by atoms with Crippen LogP contribution in [0.4, 0.5) is 10.1 Å². The Balaban J connectivity index is 2.30. The number of hydrogen-bond donors (Lipinski definition) is 3. The second-order valence-electron chi connectivity index (χ2n) is 5.49. The molecular weight excluding hydrogens is 273 g/mol. The second-order valence-corrected chi connectivity index (χ2v) is 5.49. The maximum Gasteiger partial charge on any atom is 0.225 e. The third-order valence-electron chi connectivity index (χ3n) is 2.88. The Morgan fingerprint density at radius 2 is 2.14 bits per heavy atom. The molecule has 3 N–H and O–H groups in total. The van der Waals surface area contributed by atoms with Crippen molar-refractivity contribution < 1.29 is 14.3 Å². The van der Waals surface area contributed by atoms with Crippen LogP contribution in [-0.2, 0) is 4.79 Å². The number of rotatable bonds is 8. The van der Waals surface area contributed by atoms with Crippen molar-refractivity contribution in [2.75, 3.05) is 32.5 Å². The highest BCUT2D eigenvalue weighted by Gasteiger charge is 2.12. The predicted octanol–water partition coefficient (Wildman–Crippen LogP) is 1.05. The van der Waals surface area contributed by atoms with Crippen LogP contribution in [0.15, 0.2) is 24.3 Å². The first-order chi connectivity index (χ1) is 9.86. The minimum Gasteiger partial charge on any atom is -0.390 e. The topological polar surface area (TPSA) is 64.6 Å². The number of amides is 1. The lowest BCUT2D eigenvalue weighted by Crippen LogP contribution is -2.40. The highest BCUT2D eigenvalue weighted by Crippen LogP contribution is 2.09. The smallest absolute Gasteiger partial charge is 0.225 e. The monoisotopic (exact) mass is 297 g/mol. The minimum atomic E-state index is -0.478. The fraction of sp³-hybridized carbons (Fsp3) is 0.533. The van der Waals surface area contributed by atoms with Crippen LogP contribution in [0.3, 0.4) is 0 Å². The molecule has 0 heterocycles. The van der Waals surface area contributed by atoms with E-state index in [-0.39, 0.29) is 24.2 Å². The van der Waals surface area contributed by atoms with Crippen molar-refractivity contribution in [1.29, 1.82) is 0 Å². The van der Waals surface area contributed by atoms with Gasteiger partial charge in [-0.05, 0) is 39.2 Å². The second kappa shape index (κ2) is 8.71. The Morgan fingerprint density at radius 3 is 2.76 bits per heavy atom. The van der Waals surface area contributed by atoms with Crippen LogP contribution >= 0.6 is 0 Å². The fourth-order valence-corrected chi connectivity index (χ4v) is 1.95. The zero-order valence-corrected chi connectivity index (χ0v) is 12.8. The third-order valence-corrected chi connectivity index (χ3v) is 2.88. The number of carbonyl (C=O) groups is 1. The summed E-state index contributed by atoms with van der Waals surface area (Å²) in [4.78, 5) is 13.7. The summed E-state index contributed by atoms with van der Waals surface area (Å²) in [6.45, 7) is 2.86. The third kappa shape index (κ3) is 7.75. The summed E-state index contributed by atoms with van der Waals surface area (Å²) >= 11 is 0. The van der Waals surface area contributed by atoms with Gasteiger partial charge in [0.25, 0.3) is 0 Å². The fourth-order valence-electron chi connectivity index (χ4n) is 1.95. The van der Waals surface area contributed by atoms with E-state index < -0.39 is 6.10 Å². The lowest BCUT2D eigenvalue weighted by Gasteiger charge is -2.19. The van der Waals surface area contributed by atoms with Gasteiger partial charge in [-0.15, -0.1) is 0 Å². The highest BCUT2D eigenvalue weighted by atomic mass is 19.1. The molecule has 0 aromatic heterocycles. The summed E-state index contributed by atoms with van der Waals surface area (Å²) in [7, 11) is 3.78. The molecule has 2 atom stereocenters. The van der Waals surface area contributed by atoms with Gasteiger partial charge in [0.05, 0.1) is 6.10 Å². The molecule has 2 unspecified atom stereocenters. The van der Waals surface area contributed by atoms with Gasteiger partial charge in [0.15, 0.2) is 0 Å². The summed E-state index contributed by atoms with van der Waals surface area (Å²) in [5, 5.41) is 15.5. The van der Waals surface area contributed by atoms with Gasteiger partial charge in [-0.25, -0.2) is 4.39 Å². The average molecular weight is 297 g/mol. The molecule has 0 aliphatic carbocycles. The number of anilines is 1. The molecule has 0 fully saturated rings. The Kier molecular flexibility index (Phi) is 7.28. The highest BCUT2D eigenvalue weighted by molar-refractivity contribution is 5.91. The molecule has 6 heteroatoms. The zero-order chi connectivity index (χ0) is 15.8. The van der Waals surface area contributed by atoms with Gasteiger partial charge in [-0.3, -0.25) is 4.79 Å². The van der Waals surface area contributed by atoms with Gasteiger partial charge in [-0.1, -0.05) is 6.07 Å². The van der Waals surface area contributed by atoms with Crippen molar-refractivity contribution >= 4 is 11.6 Å². The van der Waals surface area contributed by atoms with E-state index in [0.29, 0.717) is 18.8 Å². The molecular formula is C15H24FN3O2. The number of likely N-dealkylation sites (N-methyl/N-ethyl adjacent to an activating group) is 1. The van der Waals surface area contributed by atoms with Crippen LogP contribution in [0.25, 0.3) is 0 Å². The molecule has 0 bridgehead atoms. The number of nitrogens with zero attached hydrogens (tertiary/aromatic N) is 1. The van der Waals surface area contributed by atoms with E-state index in [1.54, 1.807) is 12.1 Å². The van der Waals surface area contributed by atoms with E-state index in [9.17, 15) is 14.3 Å². The van der Waals surface area contributed by atoms with Gasteiger partial charge in [0, 0.05) is 31.2 Å². The first-order valence-corrected chi connectivity index (χ1v) is 6.98. The number of aliphatic hydroxyl groups is 1. The first kappa shape index (κ1) is 17.6. The first-order valence-electron chi connectivity index (χ1n) is 6.98. The number of halogens is 1. The lowest BCUT2D eigenvalue weighted by atomic mass is 10.2. The van der Waals surface area contributed by atoms with Crippen LogP contribution in [0.2, 0.25) is 0 Å². The van der Waals surface area contributed by atoms with Crippen LogP contribution in [0.1, 0.15) is 13.3 Å². The number of hydrogen-bond acceptors (Lipinski definition) is 4. The SMILES string of the molecule is CC(CC(=O)Nc1cccc(F)c1)NCC(O)CN(C)C. The molecule has 0 aliphatic heterocycles. The zero-order valence-electron chi connectivity index (χ0n) is 12.8. The van der Waals surface area contributed by atoms with E-state index >= 15 is 0 Å². The summed E-state index contributed by atoms with van der Waals surface area (Å²) in [6.07, 6.45) is -0.223. The Labute approximate surface area is 125 Å². The van der Waals surface area contributed by atoms with Crippen molar-refractivity contribution in [1.82, 2.24) is 10.2 Å². The average Bonchev–Trinajstić information content (AvgIpc) is 2.35. The Morgan fingerprint density at radius 1 is 1.43 bits per heavy atom. The van der Waals surface area contributed by atoms with Crippen LogP contribution in [0, 0.1) is 5.82 Å². The van der Waals surface area contributed by atoms with E-state index in [1.807, 2.05) is 25.9 Å². The molecule has 0 saturated heterocycles. The van der Waals surface area contributed by atoms with Crippen LogP contribution in [-0.4, -0.2) is 55.2 Å². The summed E-state index contributed by atoms with van der Waals surface area (Å²) in [6, 6.07) is 5.71. The van der Waals surface area contributed by atoms with Gasteiger partial charge < -0.3 is 20.6 Å². The standard InChI is InChI=1S/C15H24FN3O2/c1-11(17-9-14(20)10-19(2)3)7-15(21)18-13-6-4-5-12(16)8-13/h4-6,8,11,14,17,20H,7,9-10H2,1-3H3,(H,18,21). The molecule has 0 saturated carbocycles. The molecule has 0 aliphatic rings. The summed E-state index contributed by atoms with van der Waals surface area (Å²) in [5.41, 5.74) is 0.444. The number of aliphatic hydroxyl groups excluding tert-OH is 1. The maximum absolute atomic E-state index is 13.0. The number of benzene rings is 1. The molecule has 1 aromatic carbocycles. The molecule has 21 heavy (non-hydrogen) atoms. The van der Waals surface area contributed by atoms with Crippen molar-refractivity contribution in [3.05, 3.63) is 30.1 Å². The van der Waals surface area contributed by atoms with Crippen LogP contribution < -0.4 is 10.6 Å². The summed E-state index contributed by atoms with van der Waals surface area (Å²) < 4.78 is 13.0. The largest absolute Gasteiger partial charge is 0.390 e. The minimum absolute atomic E-state index is 0.0737. The van der Waals surface area contributed by atoms with Gasteiger partial charge in [0.2, 0.25) is 5.91 Å². The molecule has 0 radical (unpaired) electrons. The molecule has 5 nitrogen and oxygen atoms in total. The quantitative estimate of drug-likeness (QED) is 0.671. The number of nitrogens with one attached hydrogen (secondary N) is 2. The number of carbonyl (C=O) groups excluding carboxylic acids is 1. The maximum atomic E-state index is 13.0. The molecule has 0 spiro atoms. The van der Waals surface area contributed by atoms with Gasteiger partial charge in [-0.2, -0.15) is 0 Å².